The summed E-state index contributed by atoms with van der Waals surface area (Å²) < 4.78 is 0. The number of aliphatic hydroxyl groups is 1. The average Bonchev–Trinajstić information content (AvgIpc) is 1.87. The van der Waals surface area contributed by atoms with Gasteiger partial charge in [-0.25, -0.2) is 0 Å². The van der Waals surface area contributed by atoms with Gasteiger partial charge in [0.05, 0.1) is 6.10 Å². The minimum absolute atomic E-state index is 0.178. The summed E-state index contributed by atoms with van der Waals surface area (Å²) in [5.41, 5.74) is 5.76. The minimum atomic E-state index is -0.225. The van der Waals surface area contributed by atoms with E-state index in [4.69, 9.17) is 5.73 Å². The second kappa shape index (κ2) is 5.56. The Kier molecular flexibility index (Phi) is 5.51. The van der Waals surface area contributed by atoms with Crippen molar-refractivity contribution >= 4 is 0 Å². The van der Waals surface area contributed by atoms with Crippen LogP contribution < -0.4 is 5.73 Å². The molecule has 0 rings (SSSR count). The maximum atomic E-state index is 9.44. The molecule has 2 nitrogen and oxygen atoms in total. The van der Waals surface area contributed by atoms with Gasteiger partial charge in [-0.05, 0) is 18.8 Å². The van der Waals surface area contributed by atoms with E-state index in [1.54, 1.807) is 0 Å². The summed E-state index contributed by atoms with van der Waals surface area (Å²) in [7, 11) is 0. The second-order valence-corrected chi connectivity index (χ2v) is 3.60. The van der Waals surface area contributed by atoms with Crippen LogP contribution >= 0.6 is 0 Å². The lowest BCUT2D eigenvalue weighted by molar-refractivity contribution is 0.107. The van der Waals surface area contributed by atoms with E-state index in [0.717, 1.165) is 19.3 Å². The van der Waals surface area contributed by atoms with Gasteiger partial charge in [0, 0.05) is 6.04 Å². The molecule has 0 fully saturated rings. The van der Waals surface area contributed by atoms with Crippen LogP contribution in [0, 0.1) is 5.92 Å². The fraction of sp³-hybridized carbons (Fsp3) is 1.00. The zero-order valence-electron chi connectivity index (χ0n) is 7.88. The standard InChI is InChI=1S/C9H21NO/c1-4-5-8(10)6-9(11)7(2)3/h7-9,11H,4-6,10H2,1-3H3/t8-,9-/m1/s1. The van der Waals surface area contributed by atoms with Crippen molar-refractivity contribution in [3.05, 3.63) is 0 Å². The zero-order valence-corrected chi connectivity index (χ0v) is 7.88. The molecule has 3 N–H and O–H groups in total. The van der Waals surface area contributed by atoms with Crippen LogP contribution in [0.2, 0.25) is 0 Å². The predicted octanol–water partition coefficient (Wildman–Crippen LogP) is 1.52. The molecule has 0 aliphatic rings. The van der Waals surface area contributed by atoms with Crippen molar-refractivity contribution in [2.75, 3.05) is 0 Å². The summed E-state index contributed by atoms with van der Waals surface area (Å²) in [6.07, 6.45) is 2.64. The van der Waals surface area contributed by atoms with E-state index in [9.17, 15) is 5.11 Å². The van der Waals surface area contributed by atoms with Crippen molar-refractivity contribution in [3.63, 3.8) is 0 Å². The maximum absolute atomic E-state index is 9.44. The molecule has 0 heterocycles. The first-order chi connectivity index (χ1) is 5.07. The third-order valence-electron chi connectivity index (χ3n) is 1.97. The Hall–Kier alpha value is -0.0800. The summed E-state index contributed by atoms with van der Waals surface area (Å²) in [6, 6.07) is 0.178. The van der Waals surface area contributed by atoms with E-state index in [-0.39, 0.29) is 12.1 Å². The van der Waals surface area contributed by atoms with Gasteiger partial charge in [-0.3, -0.25) is 0 Å². The molecule has 0 aromatic carbocycles. The predicted molar refractivity (Wildman–Crippen MR) is 48.3 cm³/mol. The van der Waals surface area contributed by atoms with Crippen LogP contribution in [0.25, 0.3) is 0 Å². The van der Waals surface area contributed by atoms with Crippen LogP contribution in [0.15, 0.2) is 0 Å². The molecule has 11 heavy (non-hydrogen) atoms. The summed E-state index contributed by atoms with van der Waals surface area (Å²) in [6.45, 7) is 6.15. The van der Waals surface area contributed by atoms with Crippen LogP contribution in [-0.4, -0.2) is 17.3 Å². The number of rotatable bonds is 5. The Morgan fingerprint density at radius 1 is 1.36 bits per heavy atom. The largest absolute Gasteiger partial charge is 0.393 e. The van der Waals surface area contributed by atoms with E-state index in [1.807, 2.05) is 13.8 Å². The van der Waals surface area contributed by atoms with Crippen LogP contribution in [0.3, 0.4) is 0 Å². The van der Waals surface area contributed by atoms with Crippen LogP contribution in [0.4, 0.5) is 0 Å². The molecule has 0 saturated heterocycles. The molecule has 0 aromatic rings. The number of aliphatic hydroxyl groups excluding tert-OH is 1. The monoisotopic (exact) mass is 159 g/mol. The highest BCUT2D eigenvalue weighted by Gasteiger charge is 2.12. The molecule has 2 atom stereocenters. The molecule has 0 aromatic heterocycles. The molecule has 0 amide bonds. The summed E-state index contributed by atoms with van der Waals surface area (Å²) >= 11 is 0. The normalized spacial score (nSPS) is 16.9. The van der Waals surface area contributed by atoms with Gasteiger partial charge in [0.15, 0.2) is 0 Å². The van der Waals surface area contributed by atoms with Gasteiger partial charge in [-0.2, -0.15) is 0 Å². The van der Waals surface area contributed by atoms with Crippen molar-refractivity contribution in [3.8, 4) is 0 Å². The molecular weight excluding hydrogens is 138 g/mol. The number of hydrogen-bond acceptors (Lipinski definition) is 2. The van der Waals surface area contributed by atoms with Gasteiger partial charge >= 0.3 is 0 Å². The summed E-state index contributed by atoms with van der Waals surface area (Å²) in [5, 5.41) is 9.44. The summed E-state index contributed by atoms with van der Waals surface area (Å²) in [5.74, 6) is 0.331. The lowest BCUT2D eigenvalue weighted by Gasteiger charge is -2.18. The van der Waals surface area contributed by atoms with Crippen LogP contribution in [-0.2, 0) is 0 Å². The van der Waals surface area contributed by atoms with Crippen molar-refractivity contribution in [2.45, 2.75) is 52.2 Å². The van der Waals surface area contributed by atoms with Crippen molar-refractivity contribution < 1.29 is 5.11 Å². The molecule has 0 aliphatic heterocycles. The van der Waals surface area contributed by atoms with Crippen LogP contribution in [0.5, 0.6) is 0 Å². The lowest BCUT2D eigenvalue weighted by Crippen LogP contribution is -2.28. The van der Waals surface area contributed by atoms with E-state index in [2.05, 4.69) is 6.92 Å². The Balaban J connectivity index is 3.48. The molecule has 68 valence electrons. The van der Waals surface area contributed by atoms with Gasteiger partial charge in [0.25, 0.3) is 0 Å². The topological polar surface area (TPSA) is 46.2 Å². The third kappa shape index (κ3) is 5.22. The molecule has 0 spiro atoms. The molecule has 0 radical (unpaired) electrons. The van der Waals surface area contributed by atoms with Crippen LogP contribution in [0.1, 0.15) is 40.0 Å². The highest BCUT2D eigenvalue weighted by molar-refractivity contribution is 4.68. The first kappa shape index (κ1) is 10.9. The highest BCUT2D eigenvalue weighted by Crippen LogP contribution is 2.09. The van der Waals surface area contributed by atoms with E-state index >= 15 is 0 Å². The van der Waals surface area contributed by atoms with E-state index in [1.165, 1.54) is 0 Å². The Bertz CT molecular complexity index is 93.6. The number of nitrogens with two attached hydrogens (primary N) is 1. The third-order valence-corrected chi connectivity index (χ3v) is 1.97. The quantitative estimate of drug-likeness (QED) is 0.639. The maximum Gasteiger partial charge on any atom is 0.0577 e. The number of hydrogen-bond donors (Lipinski definition) is 2. The van der Waals surface area contributed by atoms with E-state index in [0.29, 0.717) is 5.92 Å². The smallest absolute Gasteiger partial charge is 0.0577 e. The highest BCUT2D eigenvalue weighted by atomic mass is 16.3. The summed E-state index contributed by atoms with van der Waals surface area (Å²) in [4.78, 5) is 0. The molecule has 0 unspecified atom stereocenters. The Morgan fingerprint density at radius 2 is 1.91 bits per heavy atom. The Morgan fingerprint density at radius 3 is 2.27 bits per heavy atom. The minimum Gasteiger partial charge on any atom is -0.393 e. The molecular formula is C9H21NO. The molecule has 0 saturated carbocycles. The SMILES string of the molecule is CCC[C@@H](N)C[C@@H](O)C(C)C. The van der Waals surface area contributed by atoms with Gasteiger partial charge < -0.3 is 10.8 Å². The van der Waals surface area contributed by atoms with Gasteiger partial charge in [-0.15, -0.1) is 0 Å². The average molecular weight is 159 g/mol. The van der Waals surface area contributed by atoms with E-state index < -0.39 is 0 Å². The first-order valence-electron chi connectivity index (χ1n) is 4.51. The zero-order chi connectivity index (χ0) is 8.85. The van der Waals surface area contributed by atoms with Gasteiger partial charge in [-0.1, -0.05) is 27.2 Å². The molecule has 0 aliphatic carbocycles. The van der Waals surface area contributed by atoms with Crippen molar-refractivity contribution in [1.82, 2.24) is 0 Å². The second-order valence-electron chi connectivity index (χ2n) is 3.60. The van der Waals surface area contributed by atoms with Crippen molar-refractivity contribution in [1.29, 1.82) is 0 Å². The fourth-order valence-electron chi connectivity index (χ4n) is 1.07. The Labute approximate surface area is 69.8 Å². The van der Waals surface area contributed by atoms with Crippen molar-refractivity contribution in [2.24, 2.45) is 11.7 Å². The van der Waals surface area contributed by atoms with Gasteiger partial charge in [0.1, 0.15) is 0 Å². The first-order valence-corrected chi connectivity index (χ1v) is 4.51. The molecule has 0 bridgehead atoms. The fourth-order valence-corrected chi connectivity index (χ4v) is 1.07. The lowest BCUT2D eigenvalue weighted by atomic mass is 9.98. The van der Waals surface area contributed by atoms with Gasteiger partial charge in [0.2, 0.25) is 0 Å². The molecule has 2 heteroatoms.